The molecular formula is C15H19FN2O. The molecule has 0 radical (unpaired) electrons. The van der Waals surface area contributed by atoms with Gasteiger partial charge in [-0.2, -0.15) is 0 Å². The maximum absolute atomic E-state index is 13.7. The number of aryl methyl sites for hydroxylation is 1. The van der Waals surface area contributed by atoms with Crippen LogP contribution in [0.1, 0.15) is 37.3 Å². The van der Waals surface area contributed by atoms with Gasteiger partial charge >= 0.3 is 0 Å². The van der Waals surface area contributed by atoms with Gasteiger partial charge in [-0.3, -0.25) is 9.69 Å². The van der Waals surface area contributed by atoms with Crippen LogP contribution in [0.3, 0.4) is 0 Å². The molecule has 2 heterocycles. The van der Waals surface area contributed by atoms with Crippen molar-refractivity contribution in [3.05, 3.63) is 29.1 Å². The first kappa shape index (κ1) is 12.6. The zero-order valence-electron chi connectivity index (χ0n) is 11.4. The number of anilines is 1. The lowest BCUT2D eigenvalue weighted by atomic mass is 9.88. The predicted octanol–water partition coefficient (Wildman–Crippen LogP) is 2.79. The summed E-state index contributed by atoms with van der Waals surface area (Å²) in [5.41, 5.74) is 1.66. The fraction of sp³-hybridized carbons (Fsp3) is 0.533. The summed E-state index contributed by atoms with van der Waals surface area (Å²) in [6, 6.07) is 2.98. The molecule has 0 spiro atoms. The van der Waals surface area contributed by atoms with E-state index >= 15 is 0 Å². The maximum atomic E-state index is 13.7. The molecular weight excluding hydrogens is 243 g/mol. The molecule has 1 saturated heterocycles. The summed E-state index contributed by atoms with van der Waals surface area (Å²) in [5.74, 6) is -0.297. The molecule has 102 valence electrons. The number of rotatable bonds is 1. The van der Waals surface area contributed by atoms with Crippen LogP contribution >= 0.6 is 0 Å². The van der Waals surface area contributed by atoms with E-state index < -0.39 is 5.54 Å². The molecule has 19 heavy (non-hydrogen) atoms. The lowest BCUT2D eigenvalue weighted by molar-refractivity contribution is -0.127. The van der Waals surface area contributed by atoms with Crippen LogP contribution in [0, 0.1) is 12.7 Å². The van der Waals surface area contributed by atoms with Crippen LogP contribution < -0.4 is 5.32 Å². The molecule has 1 aromatic rings. The second-order valence-electron chi connectivity index (χ2n) is 5.72. The number of hydrogen-bond acceptors (Lipinski definition) is 2. The smallest absolute Gasteiger partial charge is 0.249 e. The number of benzene rings is 1. The number of carbonyl (C=O) groups excluding carboxylic acids is 1. The molecule has 1 fully saturated rings. The molecule has 2 aliphatic heterocycles. The number of nitrogens with one attached hydrogen (secondary N) is 1. The lowest BCUT2D eigenvalue weighted by Gasteiger charge is -2.39. The maximum Gasteiger partial charge on any atom is 0.249 e. The van der Waals surface area contributed by atoms with Crippen LogP contribution in [0.2, 0.25) is 0 Å². The predicted molar refractivity (Wildman–Crippen MR) is 72.5 cm³/mol. The van der Waals surface area contributed by atoms with Gasteiger partial charge in [0.25, 0.3) is 0 Å². The Labute approximate surface area is 112 Å². The minimum atomic E-state index is -0.720. The first-order chi connectivity index (χ1) is 9.03. The van der Waals surface area contributed by atoms with Gasteiger partial charge in [0, 0.05) is 11.3 Å². The van der Waals surface area contributed by atoms with Gasteiger partial charge in [-0.1, -0.05) is 6.42 Å². The summed E-state index contributed by atoms with van der Waals surface area (Å²) < 4.78 is 13.7. The van der Waals surface area contributed by atoms with Gasteiger partial charge in [0.2, 0.25) is 5.91 Å². The molecule has 1 atom stereocenters. The second-order valence-corrected chi connectivity index (χ2v) is 5.72. The summed E-state index contributed by atoms with van der Waals surface area (Å²) in [4.78, 5) is 14.6. The normalized spacial score (nSPS) is 27.2. The van der Waals surface area contributed by atoms with Crippen molar-refractivity contribution in [2.45, 2.75) is 38.6 Å². The Hall–Kier alpha value is -1.42. The highest BCUT2D eigenvalue weighted by molar-refractivity contribution is 6.06. The number of fused-ring (bicyclic) bond motifs is 1. The Kier molecular flexibility index (Phi) is 2.86. The van der Waals surface area contributed by atoms with Gasteiger partial charge in [-0.05, 0) is 57.5 Å². The highest BCUT2D eigenvalue weighted by Gasteiger charge is 2.48. The molecule has 4 heteroatoms. The van der Waals surface area contributed by atoms with Crippen molar-refractivity contribution in [3.63, 3.8) is 0 Å². The number of nitrogens with zero attached hydrogens (tertiary/aromatic N) is 1. The van der Waals surface area contributed by atoms with Crippen molar-refractivity contribution in [3.8, 4) is 0 Å². The van der Waals surface area contributed by atoms with E-state index in [4.69, 9.17) is 0 Å². The van der Waals surface area contributed by atoms with Gasteiger partial charge in [0.05, 0.1) is 0 Å². The van der Waals surface area contributed by atoms with Gasteiger partial charge in [-0.25, -0.2) is 4.39 Å². The van der Waals surface area contributed by atoms with Crippen molar-refractivity contribution in [1.82, 2.24) is 4.90 Å². The standard InChI is InChI=1S/C15H19FN2O/c1-10-8-11(16)9-12-13(10)17-14(19)15(12,2)18-6-4-3-5-7-18/h8-9H,3-7H2,1-2H3,(H,17,19). The minimum Gasteiger partial charge on any atom is -0.324 e. The van der Waals surface area contributed by atoms with Crippen LogP contribution in [0.15, 0.2) is 12.1 Å². The third-order valence-electron chi connectivity index (χ3n) is 4.49. The van der Waals surface area contributed by atoms with E-state index in [9.17, 15) is 9.18 Å². The highest BCUT2D eigenvalue weighted by Crippen LogP contribution is 2.43. The Morgan fingerprint density at radius 2 is 1.95 bits per heavy atom. The van der Waals surface area contributed by atoms with Gasteiger partial charge < -0.3 is 5.32 Å². The Balaban J connectivity index is 2.10. The molecule has 1 unspecified atom stereocenters. The molecule has 1 aromatic carbocycles. The molecule has 3 rings (SSSR count). The average molecular weight is 262 g/mol. The van der Waals surface area contributed by atoms with Crippen LogP contribution in [-0.4, -0.2) is 23.9 Å². The number of amides is 1. The lowest BCUT2D eigenvalue weighted by Crippen LogP contribution is -2.50. The van der Waals surface area contributed by atoms with Crippen LogP contribution in [-0.2, 0) is 10.3 Å². The third-order valence-corrected chi connectivity index (χ3v) is 4.49. The van der Waals surface area contributed by atoms with Gasteiger partial charge in [0.1, 0.15) is 11.4 Å². The topological polar surface area (TPSA) is 32.3 Å². The van der Waals surface area contributed by atoms with Crippen molar-refractivity contribution in [1.29, 1.82) is 0 Å². The number of hydrogen-bond donors (Lipinski definition) is 1. The zero-order chi connectivity index (χ0) is 13.6. The summed E-state index contributed by atoms with van der Waals surface area (Å²) in [6.07, 6.45) is 3.42. The van der Waals surface area contributed by atoms with Crippen molar-refractivity contribution in [2.75, 3.05) is 18.4 Å². The van der Waals surface area contributed by atoms with E-state index in [1.165, 1.54) is 18.6 Å². The molecule has 0 bridgehead atoms. The first-order valence-electron chi connectivity index (χ1n) is 6.90. The number of carbonyl (C=O) groups is 1. The third kappa shape index (κ3) is 1.77. The Bertz CT molecular complexity index is 537. The van der Waals surface area contributed by atoms with Crippen molar-refractivity contribution >= 4 is 11.6 Å². The van der Waals surface area contributed by atoms with Crippen LogP contribution in [0.4, 0.5) is 10.1 Å². The van der Waals surface area contributed by atoms with E-state index in [1.807, 2.05) is 13.8 Å². The monoisotopic (exact) mass is 262 g/mol. The first-order valence-corrected chi connectivity index (χ1v) is 6.90. The Morgan fingerprint density at radius 1 is 1.26 bits per heavy atom. The quantitative estimate of drug-likeness (QED) is 0.844. The fourth-order valence-electron chi connectivity index (χ4n) is 3.31. The van der Waals surface area contributed by atoms with Crippen molar-refractivity contribution < 1.29 is 9.18 Å². The Morgan fingerprint density at radius 3 is 2.63 bits per heavy atom. The number of piperidine rings is 1. The summed E-state index contributed by atoms with van der Waals surface area (Å²) in [7, 11) is 0. The van der Waals surface area contributed by atoms with E-state index in [1.54, 1.807) is 0 Å². The largest absolute Gasteiger partial charge is 0.324 e. The molecule has 0 aliphatic carbocycles. The number of likely N-dealkylation sites (tertiary alicyclic amines) is 1. The van der Waals surface area contributed by atoms with Crippen LogP contribution in [0.25, 0.3) is 0 Å². The summed E-state index contributed by atoms with van der Waals surface area (Å²) in [6.45, 7) is 5.56. The number of halogens is 1. The summed E-state index contributed by atoms with van der Waals surface area (Å²) in [5, 5.41) is 2.93. The SMILES string of the molecule is Cc1cc(F)cc2c1NC(=O)C2(C)N1CCCCC1. The second kappa shape index (κ2) is 4.30. The summed E-state index contributed by atoms with van der Waals surface area (Å²) >= 11 is 0. The molecule has 0 aromatic heterocycles. The van der Waals surface area contributed by atoms with E-state index in [0.29, 0.717) is 0 Å². The molecule has 3 nitrogen and oxygen atoms in total. The van der Waals surface area contributed by atoms with E-state index in [2.05, 4.69) is 10.2 Å². The molecule has 1 N–H and O–H groups in total. The van der Waals surface area contributed by atoms with Crippen LogP contribution in [0.5, 0.6) is 0 Å². The van der Waals surface area contributed by atoms with Gasteiger partial charge in [-0.15, -0.1) is 0 Å². The van der Waals surface area contributed by atoms with Crippen molar-refractivity contribution in [2.24, 2.45) is 0 Å². The minimum absolute atomic E-state index is 0.0295. The van der Waals surface area contributed by atoms with Gasteiger partial charge in [0.15, 0.2) is 0 Å². The zero-order valence-corrected chi connectivity index (χ0v) is 11.4. The van der Waals surface area contributed by atoms with E-state index in [-0.39, 0.29) is 11.7 Å². The highest BCUT2D eigenvalue weighted by atomic mass is 19.1. The molecule has 0 saturated carbocycles. The fourth-order valence-corrected chi connectivity index (χ4v) is 3.31. The molecule has 2 aliphatic rings. The average Bonchev–Trinajstić information content (AvgIpc) is 2.66. The molecule has 1 amide bonds. The van der Waals surface area contributed by atoms with E-state index in [0.717, 1.165) is 42.7 Å².